The van der Waals surface area contributed by atoms with Crippen LogP contribution in [-0.2, 0) is 38.2 Å². The van der Waals surface area contributed by atoms with Gasteiger partial charge in [-0.3, -0.25) is 9.59 Å². The Balaban J connectivity index is -0.000000407. The van der Waals surface area contributed by atoms with E-state index in [1.807, 2.05) is 0 Å². The van der Waals surface area contributed by atoms with Crippen LogP contribution in [0.3, 0.4) is 0 Å². The minimum Gasteiger partial charge on any atom is -0.550 e. The van der Waals surface area contributed by atoms with E-state index in [0.29, 0.717) is 12.8 Å². The van der Waals surface area contributed by atoms with E-state index in [-0.39, 0.29) is 116 Å². The summed E-state index contributed by atoms with van der Waals surface area (Å²) in [6, 6.07) is -2.70. The summed E-state index contributed by atoms with van der Waals surface area (Å²) in [5, 5.41) is 20.6. The van der Waals surface area contributed by atoms with Crippen molar-refractivity contribution in [3.8, 4) is 0 Å². The first-order valence-corrected chi connectivity index (χ1v) is 18.3. The molecule has 0 aliphatic carbocycles. The van der Waals surface area contributed by atoms with Gasteiger partial charge in [-0.15, -0.1) is 0 Å². The number of hydrogen-bond donors (Lipinski definition) is 2. The summed E-state index contributed by atoms with van der Waals surface area (Å²) in [6.07, 6.45) is 24.8. The van der Waals surface area contributed by atoms with Crippen LogP contribution in [0.25, 0.3) is 0 Å². The molecule has 4 N–H and O–H groups in total. The molecule has 0 aliphatic rings. The molecule has 2 unspecified atom stereocenters. The van der Waals surface area contributed by atoms with Crippen LogP contribution in [0.4, 0.5) is 0 Å². The van der Waals surface area contributed by atoms with Gasteiger partial charge in [0.1, 0.15) is 12.1 Å². The van der Waals surface area contributed by atoms with E-state index in [1.165, 1.54) is 89.9 Å². The number of carboxylic acid groups (broad SMARTS) is 2. The summed E-state index contributed by atoms with van der Waals surface area (Å²) in [5.74, 6) is -6.21. The second kappa shape index (κ2) is 42.2. The molecule has 50 heavy (non-hydrogen) atoms. The Hall–Kier alpha value is 0.413. The van der Waals surface area contributed by atoms with Gasteiger partial charge in [-0.2, -0.15) is 0 Å². The van der Waals surface area contributed by atoms with Gasteiger partial charge in [0.05, 0.1) is 0 Å². The fraction of sp³-hybridized carbons (Fsp3) is 0.833. The number of carbonyl (C=O) groups excluding carboxylic acids is 6. The van der Waals surface area contributed by atoms with E-state index in [9.17, 15) is 39.0 Å². The van der Waals surface area contributed by atoms with Crippen molar-refractivity contribution in [3.63, 3.8) is 0 Å². The molecule has 0 amide bonds. The van der Waals surface area contributed by atoms with Gasteiger partial charge in [-0.1, -0.05) is 142 Å². The monoisotopic (exact) mass is 762 g/mol. The molecule has 0 rings (SSSR count). The average Bonchev–Trinajstić information content (AvgIpc) is 3.02. The maximum absolute atomic E-state index is 11.4. The molecular weight excluding hydrogens is 699 g/mol. The number of rotatable bonds is 30. The maximum Gasteiger partial charge on any atom is 1.00 e. The van der Waals surface area contributed by atoms with E-state index in [4.69, 9.17) is 11.5 Å². The topological polar surface area (TPSA) is 219 Å². The molecule has 0 radical (unpaired) electrons. The molecule has 2 atom stereocenters. The molecule has 0 bridgehead atoms. The van der Waals surface area contributed by atoms with Crippen LogP contribution in [0.1, 0.15) is 181 Å². The first-order valence-electron chi connectivity index (χ1n) is 18.3. The van der Waals surface area contributed by atoms with Gasteiger partial charge in [0.15, 0.2) is 0 Å². The minimum absolute atomic E-state index is 0. The van der Waals surface area contributed by atoms with Crippen molar-refractivity contribution in [2.24, 2.45) is 11.5 Å². The van der Waals surface area contributed by atoms with Gasteiger partial charge < -0.3 is 40.7 Å². The normalized spacial score (nSPS) is 11.4. The zero-order valence-electron chi connectivity index (χ0n) is 31.8. The van der Waals surface area contributed by atoms with Crippen LogP contribution in [0.15, 0.2) is 0 Å². The summed E-state index contributed by atoms with van der Waals surface area (Å²) in [7, 11) is 0. The van der Waals surface area contributed by atoms with Crippen LogP contribution < -0.4 is 124 Å². The molecule has 0 spiro atoms. The molecule has 0 saturated heterocycles. The smallest absolute Gasteiger partial charge is 0.550 e. The van der Waals surface area contributed by atoms with E-state index in [1.54, 1.807) is 0 Å². The predicted molar refractivity (Wildman–Crippen MR) is 180 cm³/mol. The second-order valence-corrected chi connectivity index (χ2v) is 12.5. The van der Waals surface area contributed by atoms with Crippen molar-refractivity contribution in [3.05, 3.63) is 0 Å². The van der Waals surface area contributed by atoms with Crippen molar-refractivity contribution in [2.45, 2.75) is 193 Å². The van der Waals surface area contributed by atoms with Gasteiger partial charge >= 0.3 is 127 Å². The molecule has 0 aromatic rings. The predicted octanol–water partition coefficient (Wildman–Crippen LogP) is -1.54. The standard InChI is InChI=1S/2C18H33NO5.2K/c2*1-2-3-4-5-6-7-8-9-10-11-12-13-17(22)24-18(23)15(19)14-16(20)21;;/h2*15H,2-14,19H2,1H3,(H,20,21);;/q;;2*+1/p-2. The molecule has 0 aromatic heterocycles. The average molecular weight is 763 g/mol. The summed E-state index contributed by atoms with van der Waals surface area (Å²) < 4.78 is 9.02. The fourth-order valence-corrected chi connectivity index (χ4v) is 4.87. The quantitative estimate of drug-likeness (QED) is 0.0368. The Labute approximate surface area is 386 Å². The van der Waals surface area contributed by atoms with Gasteiger partial charge in [-0.25, -0.2) is 9.59 Å². The molecular formula is C36H64K2N2O10. The van der Waals surface area contributed by atoms with Gasteiger partial charge in [0.2, 0.25) is 0 Å². The van der Waals surface area contributed by atoms with E-state index in [2.05, 4.69) is 23.3 Å². The Bertz CT molecular complexity index is 823. The third-order valence-corrected chi connectivity index (χ3v) is 7.78. The Kier molecular flexibility index (Phi) is 48.2. The van der Waals surface area contributed by atoms with E-state index < -0.39 is 60.7 Å². The van der Waals surface area contributed by atoms with Gasteiger partial charge in [0.25, 0.3) is 0 Å². The molecule has 0 aromatic carbocycles. The number of carbonyl (C=O) groups is 6. The Morgan fingerprint density at radius 2 is 0.660 bits per heavy atom. The zero-order valence-corrected chi connectivity index (χ0v) is 38.0. The fourth-order valence-electron chi connectivity index (χ4n) is 4.87. The number of hydrogen-bond acceptors (Lipinski definition) is 12. The summed E-state index contributed by atoms with van der Waals surface area (Å²) in [4.78, 5) is 66.1. The van der Waals surface area contributed by atoms with Crippen molar-refractivity contribution < 1.29 is 151 Å². The van der Waals surface area contributed by atoms with Crippen LogP contribution in [0.5, 0.6) is 0 Å². The van der Waals surface area contributed by atoms with Crippen molar-refractivity contribution in [1.82, 2.24) is 0 Å². The third-order valence-electron chi connectivity index (χ3n) is 7.78. The van der Waals surface area contributed by atoms with E-state index >= 15 is 0 Å². The first kappa shape index (κ1) is 57.1. The zero-order chi connectivity index (χ0) is 36.4. The van der Waals surface area contributed by atoms with Gasteiger partial charge in [0, 0.05) is 37.6 Å². The number of esters is 4. The molecule has 14 heteroatoms. The first-order chi connectivity index (χ1) is 22.9. The Morgan fingerprint density at radius 1 is 0.440 bits per heavy atom. The van der Waals surface area contributed by atoms with Crippen LogP contribution in [0, 0.1) is 0 Å². The molecule has 0 heterocycles. The number of nitrogens with two attached hydrogens (primary N) is 2. The number of aliphatic carboxylic acids is 2. The summed E-state index contributed by atoms with van der Waals surface area (Å²) in [5.41, 5.74) is 10.6. The number of ether oxygens (including phenoxy) is 2. The summed E-state index contributed by atoms with van der Waals surface area (Å²) in [6.45, 7) is 4.43. The van der Waals surface area contributed by atoms with Gasteiger partial charge in [-0.05, 0) is 12.8 Å². The van der Waals surface area contributed by atoms with Crippen LogP contribution >= 0.6 is 0 Å². The molecule has 0 aliphatic heterocycles. The second-order valence-electron chi connectivity index (χ2n) is 12.5. The van der Waals surface area contributed by atoms with E-state index in [0.717, 1.165) is 38.5 Å². The van der Waals surface area contributed by atoms with Crippen LogP contribution in [-0.4, -0.2) is 47.9 Å². The maximum atomic E-state index is 11.4. The molecule has 0 fully saturated rings. The minimum atomic E-state index is -1.45. The summed E-state index contributed by atoms with van der Waals surface area (Å²) >= 11 is 0. The SMILES string of the molecule is CCCCCCCCCCCCCC(=O)OC(=O)C(N)CC(=O)[O-].CCCCCCCCCCCCCC(=O)OC(=O)C(N)CC(=O)[O-].[K+].[K+]. The molecule has 280 valence electrons. The third kappa shape index (κ3) is 42.8. The van der Waals surface area contributed by atoms with Crippen molar-refractivity contribution in [1.29, 1.82) is 0 Å². The Morgan fingerprint density at radius 3 is 0.880 bits per heavy atom. The van der Waals surface area contributed by atoms with Crippen molar-refractivity contribution >= 4 is 35.8 Å². The molecule has 0 saturated carbocycles. The largest absolute Gasteiger partial charge is 1.00 e. The van der Waals surface area contributed by atoms with Crippen LogP contribution in [0.2, 0.25) is 0 Å². The van der Waals surface area contributed by atoms with Crippen molar-refractivity contribution in [2.75, 3.05) is 0 Å². The number of unbranched alkanes of at least 4 members (excludes halogenated alkanes) is 20. The molecule has 12 nitrogen and oxygen atoms in total. The number of carboxylic acids is 2.